The van der Waals surface area contributed by atoms with E-state index in [1.165, 1.54) is 11.1 Å². The van der Waals surface area contributed by atoms with Gasteiger partial charge in [-0.05, 0) is 66.3 Å². The zero-order valence-electron chi connectivity index (χ0n) is 18.1. The molecule has 1 heterocycles. The number of allylic oxidation sites excluding steroid dienone is 1. The lowest BCUT2D eigenvalue weighted by atomic mass is 9.77. The number of ether oxygens (including phenoxy) is 1. The maximum absolute atomic E-state index is 13.6. The lowest BCUT2D eigenvalue weighted by Crippen LogP contribution is -2.31. The number of benzene rings is 3. The molecule has 4 heteroatoms. The van der Waals surface area contributed by atoms with Crippen molar-refractivity contribution in [2.24, 2.45) is 11.0 Å². The summed E-state index contributed by atoms with van der Waals surface area (Å²) in [5.41, 5.74) is 5.19. The monoisotopic (exact) mass is 422 g/mol. The topological polar surface area (TPSA) is 41.9 Å². The third-order valence-electron chi connectivity index (χ3n) is 6.33. The van der Waals surface area contributed by atoms with Crippen LogP contribution in [0.5, 0.6) is 5.75 Å². The van der Waals surface area contributed by atoms with Gasteiger partial charge in [-0.15, -0.1) is 0 Å². The minimum absolute atomic E-state index is 0.0810. The first-order chi connectivity index (χ1) is 15.7. The molecule has 0 N–H and O–H groups in total. The normalized spacial score (nSPS) is 21.2. The van der Waals surface area contributed by atoms with E-state index in [4.69, 9.17) is 9.84 Å². The molecule has 1 aliphatic carbocycles. The van der Waals surface area contributed by atoms with Crippen molar-refractivity contribution < 1.29 is 9.53 Å². The molecule has 32 heavy (non-hydrogen) atoms. The van der Waals surface area contributed by atoms with Crippen LogP contribution in [0, 0.1) is 5.92 Å². The van der Waals surface area contributed by atoms with Gasteiger partial charge in [0.1, 0.15) is 5.75 Å². The Morgan fingerprint density at radius 3 is 2.34 bits per heavy atom. The zero-order valence-corrected chi connectivity index (χ0v) is 18.1. The number of nitrogens with zero attached hydrogens (tertiary/aromatic N) is 2. The van der Waals surface area contributed by atoms with Crippen molar-refractivity contribution in [3.63, 3.8) is 0 Å². The van der Waals surface area contributed by atoms with Gasteiger partial charge in [0.05, 0.1) is 18.9 Å². The van der Waals surface area contributed by atoms with Gasteiger partial charge in [-0.25, -0.2) is 5.01 Å². The number of hydrogen-bond acceptors (Lipinski definition) is 3. The van der Waals surface area contributed by atoms with Crippen molar-refractivity contribution in [2.45, 2.75) is 25.3 Å². The van der Waals surface area contributed by atoms with Crippen LogP contribution in [-0.2, 0) is 0 Å². The minimum Gasteiger partial charge on any atom is -0.497 e. The number of methoxy groups -OCH3 is 1. The predicted octanol–water partition coefficient (Wildman–Crippen LogP) is 6.13. The molecule has 160 valence electrons. The zero-order chi connectivity index (χ0) is 21.9. The number of carbonyl (C=O) groups is 1. The Kier molecular flexibility index (Phi) is 5.59. The van der Waals surface area contributed by atoms with Crippen LogP contribution in [0.3, 0.4) is 0 Å². The highest BCUT2D eigenvalue weighted by atomic mass is 16.5. The molecule has 3 aromatic rings. The molecule has 2 aliphatic rings. The second-order valence-corrected chi connectivity index (χ2v) is 8.30. The summed E-state index contributed by atoms with van der Waals surface area (Å²) < 4.78 is 5.25. The summed E-state index contributed by atoms with van der Waals surface area (Å²) in [6.07, 6.45) is 5.33. The van der Waals surface area contributed by atoms with Crippen LogP contribution in [0.1, 0.15) is 46.8 Å². The summed E-state index contributed by atoms with van der Waals surface area (Å²) in [6.45, 7) is 0. The number of amides is 1. The van der Waals surface area contributed by atoms with Crippen LogP contribution in [0.25, 0.3) is 6.08 Å². The van der Waals surface area contributed by atoms with E-state index >= 15 is 0 Å². The molecule has 0 bridgehead atoms. The van der Waals surface area contributed by atoms with Gasteiger partial charge in [0.25, 0.3) is 5.91 Å². The summed E-state index contributed by atoms with van der Waals surface area (Å²) in [5, 5.41) is 6.67. The van der Waals surface area contributed by atoms with Crippen LogP contribution >= 0.6 is 0 Å². The van der Waals surface area contributed by atoms with E-state index in [1.807, 2.05) is 48.5 Å². The molecule has 4 nitrogen and oxygen atoms in total. The number of fused-ring (bicyclic) bond motifs is 1. The SMILES string of the molecule is COc1ccc(C(=O)N2N=C3/C(=C/c4ccccc4)CCC[C@@H]3[C@@H]2c2ccccc2)cc1. The summed E-state index contributed by atoms with van der Waals surface area (Å²) >= 11 is 0. The van der Waals surface area contributed by atoms with E-state index in [9.17, 15) is 4.79 Å². The Labute approximate surface area is 188 Å². The first-order valence-electron chi connectivity index (χ1n) is 11.1. The second kappa shape index (κ2) is 8.83. The number of rotatable bonds is 4. The number of hydrazone groups is 1. The number of carbonyl (C=O) groups excluding carboxylic acids is 1. The molecule has 1 amide bonds. The first kappa shape index (κ1) is 20.3. The fourth-order valence-electron chi connectivity index (χ4n) is 4.77. The van der Waals surface area contributed by atoms with Crippen LogP contribution in [-0.4, -0.2) is 23.7 Å². The van der Waals surface area contributed by atoms with E-state index in [0.29, 0.717) is 5.56 Å². The highest BCUT2D eigenvalue weighted by molar-refractivity contribution is 6.09. The molecule has 5 rings (SSSR count). The van der Waals surface area contributed by atoms with Gasteiger partial charge in [-0.3, -0.25) is 4.79 Å². The van der Waals surface area contributed by atoms with Crippen molar-refractivity contribution >= 4 is 17.7 Å². The van der Waals surface area contributed by atoms with Gasteiger partial charge in [-0.1, -0.05) is 60.7 Å². The molecule has 1 aliphatic heterocycles. The average molecular weight is 423 g/mol. The minimum atomic E-state index is -0.0970. The van der Waals surface area contributed by atoms with E-state index in [1.54, 1.807) is 12.1 Å². The summed E-state index contributed by atoms with van der Waals surface area (Å²) in [6, 6.07) is 27.8. The van der Waals surface area contributed by atoms with Crippen LogP contribution in [0.15, 0.2) is 95.6 Å². The Morgan fingerprint density at radius 2 is 1.66 bits per heavy atom. The third kappa shape index (κ3) is 3.84. The van der Waals surface area contributed by atoms with Crippen molar-refractivity contribution in [3.8, 4) is 5.75 Å². The maximum atomic E-state index is 13.6. The van der Waals surface area contributed by atoms with Gasteiger partial charge in [0.2, 0.25) is 0 Å². The molecule has 0 unspecified atom stereocenters. The maximum Gasteiger partial charge on any atom is 0.274 e. The quantitative estimate of drug-likeness (QED) is 0.507. The van der Waals surface area contributed by atoms with Crippen molar-refractivity contribution in [1.82, 2.24) is 5.01 Å². The Balaban J connectivity index is 1.56. The molecular weight excluding hydrogens is 396 g/mol. The van der Waals surface area contributed by atoms with Crippen LogP contribution < -0.4 is 4.74 Å². The molecule has 1 fully saturated rings. The molecule has 0 aromatic heterocycles. The summed E-state index contributed by atoms with van der Waals surface area (Å²) in [4.78, 5) is 13.6. The molecular formula is C28H26N2O2. The molecule has 0 saturated heterocycles. The average Bonchev–Trinajstić information content (AvgIpc) is 3.25. The third-order valence-corrected chi connectivity index (χ3v) is 6.33. The van der Waals surface area contributed by atoms with Gasteiger partial charge >= 0.3 is 0 Å². The smallest absolute Gasteiger partial charge is 0.274 e. The van der Waals surface area contributed by atoms with E-state index < -0.39 is 0 Å². The lowest BCUT2D eigenvalue weighted by molar-refractivity contribution is 0.0681. The molecule has 2 atom stereocenters. The highest BCUT2D eigenvalue weighted by Crippen LogP contribution is 2.44. The van der Waals surface area contributed by atoms with Gasteiger partial charge in [0.15, 0.2) is 0 Å². The number of hydrogen-bond donors (Lipinski definition) is 0. The Hall–Kier alpha value is -3.66. The predicted molar refractivity (Wildman–Crippen MR) is 128 cm³/mol. The molecule has 1 saturated carbocycles. The van der Waals surface area contributed by atoms with Gasteiger partial charge in [0, 0.05) is 11.5 Å². The standard InChI is InChI=1S/C28H26N2O2/c1-32-24-17-15-22(16-18-24)28(31)30-27(21-11-6-3-7-12-21)25-14-8-13-23(26(25)29-30)19-20-9-4-2-5-10-20/h2-7,9-12,15-19,25,27H,8,13-14H2,1H3/b23-19+/t25-,27-/m0/s1. The summed E-state index contributed by atoms with van der Waals surface area (Å²) in [7, 11) is 1.62. The lowest BCUT2D eigenvalue weighted by Gasteiger charge is -2.29. The summed E-state index contributed by atoms with van der Waals surface area (Å²) in [5.74, 6) is 0.849. The first-order valence-corrected chi connectivity index (χ1v) is 11.1. The van der Waals surface area contributed by atoms with Crippen LogP contribution in [0.2, 0.25) is 0 Å². The van der Waals surface area contributed by atoms with Crippen molar-refractivity contribution in [3.05, 3.63) is 107 Å². The van der Waals surface area contributed by atoms with E-state index in [-0.39, 0.29) is 17.9 Å². The van der Waals surface area contributed by atoms with Crippen molar-refractivity contribution in [2.75, 3.05) is 7.11 Å². The Morgan fingerprint density at radius 1 is 0.969 bits per heavy atom. The van der Waals surface area contributed by atoms with Gasteiger partial charge in [-0.2, -0.15) is 5.10 Å². The van der Waals surface area contributed by atoms with E-state index in [0.717, 1.165) is 36.3 Å². The van der Waals surface area contributed by atoms with Crippen molar-refractivity contribution in [1.29, 1.82) is 0 Å². The molecule has 3 aromatic carbocycles. The molecule has 0 radical (unpaired) electrons. The Bertz CT molecular complexity index is 1150. The largest absolute Gasteiger partial charge is 0.497 e. The highest BCUT2D eigenvalue weighted by Gasteiger charge is 2.43. The van der Waals surface area contributed by atoms with E-state index in [2.05, 4.69) is 42.5 Å². The fraction of sp³-hybridized carbons (Fsp3) is 0.214. The second-order valence-electron chi connectivity index (χ2n) is 8.30. The molecule has 0 spiro atoms. The van der Waals surface area contributed by atoms with Gasteiger partial charge < -0.3 is 4.74 Å². The van der Waals surface area contributed by atoms with Crippen LogP contribution in [0.4, 0.5) is 0 Å². The fourth-order valence-corrected chi connectivity index (χ4v) is 4.77.